The maximum absolute atomic E-state index is 13.5. The van der Waals surface area contributed by atoms with E-state index in [0.717, 1.165) is 0 Å². The van der Waals surface area contributed by atoms with Crippen molar-refractivity contribution >= 4 is 17.5 Å². The van der Waals surface area contributed by atoms with Gasteiger partial charge in [0.1, 0.15) is 17.4 Å². The zero-order valence-corrected chi connectivity index (χ0v) is 12.8. The van der Waals surface area contributed by atoms with Crippen molar-refractivity contribution < 1.29 is 13.7 Å². The average Bonchev–Trinajstić information content (AvgIpc) is 2.99. The quantitative estimate of drug-likeness (QED) is 0.748. The van der Waals surface area contributed by atoms with E-state index in [-0.39, 0.29) is 18.1 Å². The molecule has 0 saturated heterocycles. The van der Waals surface area contributed by atoms with Gasteiger partial charge in [0.15, 0.2) is 11.5 Å². The molecule has 0 bridgehead atoms. The molecule has 2 N–H and O–H groups in total. The van der Waals surface area contributed by atoms with Crippen LogP contribution in [-0.4, -0.2) is 21.3 Å². The second-order valence-electron chi connectivity index (χ2n) is 5.03. The summed E-state index contributed by atoms with van der Waals surface area (Å²) in [6.07, 6.45) is 0. The van der Waals surface area contributed by atoms with Gasteiger partial charge in [0.2, 0.25) is 0 Å². The van der Waals surface area contributed by atoms with Gasteiger partial charge in [-0.15, -0.1) is 10.2 Å². The lowest BCUT2D eigenvalue weighted by Crippen LogP contribution is -2.15. The van der Waals surface area contributed by atoms with Crippen molar-refractivity contribution in [3.05, 3.63) is 65.3 Å². The second-order valence-corrected chi connectivity index (χ2v) is 5.03. The molecule has 0 aliphatic heterocycles. The number of aromatic nitrogens is 3. The highest BCUT2D eigenvalue weighted by Crippen LogP contribution is 2.11. The number of hydrogen-bond donors (Lipinski definition) is 2. The summed E-state index contributed by atoms with van der Waals surface area (Å²) in [5, 5.41) is 16.9. The van der Waals surface area contributed by atoms with Gasteiger partial charge < -0.3 is 15.2 Å². The molecule has 2 aromatic heterocycles. The summed E-state index contributed by atoms with van der Waals surface area (Å²) in [7, 11) is 0. The number of nitrogens with one attached hydrogen (secondary N) is 2. The number of aryl methyl sites for hydroxylation is 1. The van der Waals surface area contributed by atoms with Crippen molar-refractivity contribution in [3.8, 4) is 0 Å². The monoisotopic (exact) mass is 327 g/mol. The fourth-order valence-electron chi connectivity index (χ4n) is 1.98. The lowest BCUT2D eigenvalue weighted by molar-refractivity contribution is 0.102. The normalized spacial score (nSPS) is 10.4. The lowest BCUT2D eigenvalue weighted by atomic mass is 10.2. The molecule has 0 unspecified atom stereocenters. The Morgan fingerprint density at radius 1 is 1.17 bits per heavy atom. The van der Waals surface area contributed by atoms with Crippen molar-refractivity contribution in [3.63, 3.8) is 0 Å². The SMILES string of the molecule is Cc1cc(NC(=O)c2ccc(NCc3ccccc3F)nn2)no1. The predicted molar refractivity (Wildman–Crippen MR) is 85.0 cm³/mol. The molecule has 0 radical (unpaired) electrons. The zero-order valence-electron chi connectivity index (χ0n) is 12.8. The summed E-state index contributed by atoms with van der Waals surface area (Å²) >= 11 is 0. The van der Waals surface area contributed by atoms with Crippen LogP contribution in [0.25, 0.3) is 0 Å². The first-order chi connectivity index (χ1) is 11.6. The first kappa shape index (κ1) is 15.6. The molecule has 0 saturated carbocycles. The Balaban J connectivity index is 1.60. The third-order valence-electron chi connectivity index (χ3n) is 3.18. The fourth-order valence-corrected chi connectivity index (χ4v) is 1.98. The molecule has 7 nitrogen and oxygen atoms in total. The Bertz CT molecular complexity index is 848. The molecule has 1 amide bonds. The summed E-state index contributed by atoms with van der Waals surface area (Å²) in [6, 6.07) is 11.2. The zero-order chi connectivity index (χ0) is 16.9. The van der Waals surface area contributed by atoms with Gasteiger partial charge in [-0.2, -0.15) is 0 Å². The molecule has 0 fully saturated rings. The molecule has 0 atom stereocenters. The van der Waals surface area contributed by atoms with Gasteiger partial charge in [-0.1, -0.05) is 23.4 Å². The smallest absolute Gasteiger partial charge is 0.277 e. The number of amides is 1. The number of carbonyl (C=O) groups excluding carboxylic acids is 1. The maximum Gasteiger partial charge on any atom is 0.277 e. The molecular formula is C16H14FN5O2. The highest BCUT2D eigenvalue weighted by atomic mass is 19.1. The summed E-state index contributed by atoms with van der Waals surface area (Å²) < 4.78 is 18.4. The van der Waals surface area contributed by atoms with Crippen LogP contribution < -0.4 is 10.6 Å². The predicted octanol–water partition coefficient (Wildman–Crippen LogP) is 2.78. The molecule has 122 valence electrons. The van der Waals surface area contributed by atoms with Crippen LogP contribution in [0.3, 0.4) is 0 Å². The lowest BCUT2D eigenvalue weighted by Gasteiger charge is -2.06. The highest BCUT2D eigenvalue weighted by Gasteiger charge is 2.11. The third-order valence-corrected chi connectivity index (χ3v) is 3.18. The standard InChI is InChI=1S/C16H14FN5O2/c1-10-8-15(22-24-10)19-16(23)13-6-7-14(21-20-13)18-9-11-4-2-3-5-12(11)17/h2-8H,9H2,1H3,(H,18,21)(H,19,22,23). The third kappa shape index (κ3) is 3.72. The number of halogens is 1. The molecule has 2 heterocycles. The molecule has 8 heteroatoms. The van der Waals surface area contributed by atoms with E-state index in [1.807, 2.05) is 0 Å². The van der Waals surface area contributed by atoms with Crippen LogP contribution in [0.4, 0.5) is 16.0 Å². The molecule has 3 aromatic rings. The van der Waals surface area contributed by atoms with Gasteiger partial charge in [-0.3, -0.25) is 4.79 Å². The Morgan fingerprint density at radius 2 is 2.00 bits per heavy atom. The highest BCUT2D eigenvalue weighted by molar-refractivity contribution is 6.02. The van der Waals surface area contributed by atoms with Gasteiger partial charge in [0.25, 0.3) is 5.91 Å². The van der Waals surface area contributed by atoms with Crippen LogP contribution >= 0.6 is 0 Å². The number of benzene rings is 1. The molecule has 24 heavy (non-hydrogen) atoms. The van der Waals surface area contributed by atoms with E-state index in [1.54, 1.807) is 37.3 Å². The second kappa shape index (κ2) is 6.86. The van der Waals surface area contributed by atoms with E-state index in [1.165, 1.54) is 12.1 Å². The van der Waals surface area contributed by atoms with Gasteiger partial charge >= 0.3 is 0 Å². The van der Waals surface area contributed by atoms with Crippen LogP contribution in [0.5, 0.6) is 0 Å². The van der Waals surface area contributed by atoms with Gasteiger partial charge in [-0.05, 0) is 25.1 Å². The maximum atomic E-state index is 13.5. The summed E-state index contributed by atoms with van der Waals surface area (Å²) in [4.78, 5) is 12.0. The summed E-state index contributed by atoms with van der Waals surface area (Å²) in [6.45, 7) is 1.99. The molecule has 3 rings (SSSR count). The van der Waals surface area contributed by atoms with E-state index >= 15 is 0 Å². The molecule has 0 aliphatic carbocycles. The number of anilines is 2. The first-order valence-corrected chi connectivity index (χ1v) is 7.17. The number of rotatable bonds is 5. The van der Waals surface area contributed by atoms with Crippen LogP contribution in [0.1, 0.15) is 21.8 Å². The van der Waals surface area contributed by atoms with Crippen molar-refractivity contribution in [1.29, 1.82) is 0 Å². The van der Waals surface area contributed by atoms with Crippen LogP contribution in [0.2, 0.25) is 0 Å². The number of hydrogen-bond acceptors (Lipinski definition) is 6. The van der Waals surface area contributed by atoms with Crippen LogP contribution in [-0.2, 0) is 6.54 Å². The Hall–Kier alpha value is -3.29. The van der Waals surface area contributed by atoms with Crippen molar-refractivity contribution in [1.82, 2.24) is 15.4 Å². The Kier molecular flexibility index (Phi) is 4.46. The summed E-state index contributed by atoms with van der Waals surface area (Å²) in [5.74, 6) is 0.588. The average molecular weight is 327 g/mol. The minimum Gasteiger partial charge on any atom is -0.364 e. The van der Waals surface area contributed by atoms with Gasteiger partial charge in [0.05, 0.1) is 0 Å². The van der Waals surface area contributed by atoms with E-state index in [2.05, 4.69) is 26.0 Å². The Labute approximate surface area is 136 Å². The van der Waals surface area contributed by atoms with Crippen LogP contribution in [0.15, 0.2) is 47.0 Å². The first-order valence-electron chi connectivity index (χ1n) is 7.17. The topological polar surface area (TPSA) is 92.9 Å². The fraction of sp³-hybridized carbons (Fsp3) is 0.125. The van der Waals surface area contributed by atoms with Crippen molar-refractivity contribution in [2.75, 3.05) is 10.6 Å². The molecular weight excluding hydrogens is 313 g/mol. The molecule has 0 aliphatic rings. The molecule has 0 spiro atoms. The summed E-state index contributed by atoms with van der Waals surface area (Å²) in [5.41, 5.74) is 0.648. The van der Waals surface area contributed by atoms with E-state index in [9.17, 15) is 9.18 Å². The van der Waals surface area contributed by atoms with E-state index < -0.39 is 5.91 Å². The largest absolute Gasteiger partial charge is 0.364 e. The van der Waals surface area contributed by atoms with Gasteiger partial charge in [-0.25, -0.2) is 4.39 Å². The van der Waals surface area contributed by atoms with Gasteiger partial charge in [0, 0.05) is 18.2 Å². The van der Waals surface area contributed by atoms with Crippen molar-refractivity contribution in [2.45, 2.75) is 13.5 Å². The minimum atomic E-state index is -0.448. The van der Waals surface area contributed by atoms with Crippen molar-refractivity contribution in [2.24, 2.45) is 0 Å². The minimum absolute atomic E-state index is 0.132. The number of carbonyl (C=O) groups is 1. The Morgan fingerprint density at radius 3 is 2.67 bits per heavy atom. The van der Waals surface area contributed by atoms with E-state index in [0.29, 0.717) is 23.0 Å². The van der Waals surface area contributed by atoms with E-state index in [4.69, 9.17) is 4.52 Å². The number of nitrogens with zero attached hydrogens (tertiary/aromatic N) is 3. The van der Waals surface area contributed by atoms with Crippen LogP contribution in [0, 0.1) is 12.7 Å². The molecule has 1 aromatic carbocycles.